The third kappa shape index (κ3) is 3.83. The number of Topliss-reactive ketones (excluding diaryl/α,β-unsaturated/α-hetero) is 1. The van der Waals surface area contributed by atoms with E-state index < -0.39 is 0 Å². The number of ether oxygens (including phenoxy) is 2. The quantitative estimate of drug-likeness (QED) is 0.457. The van der Waals surface area contributed by atoms with Crippen LogP contribution in [0.25, 0.3) is 11.5 Å². The van der Waals surface area contributed by atoms with Crippen molar-refractivity contribution in [3.63, 3.8) is 0 Å². The smallest absolute Gasteiger partial charge is 0.277 e. The Bertz CT molecular complexity index is 966. The first-order chi connectivity index (χ1) is 13.1. The Kier molecular flexibility index (Phi) is 4.85. The third-order valence-electron chi connectivity index (χ3n) is 4.25. The van der Waals surface area contributed by atoms with Crippen molar-refractivity contribution in [3.8, 4) is 23.0 Å². The average molecular weight is 382 g/mol. The second-order valence-corrected chi connectivity index (χ2v) is 7.36. The summed E-state index contributed by atoms with van der Waals surface area (Å²) in [7, 11) is 0. The van der Waals surface area contributed by atoms with Gasteiger partial charge in [-0.05, 0) is 29.7 Å². The molecule has 0 atom stereocenters. The molecule has 0 aliphatic carbocycles. The largest absolute Gasteiger partial charge is 0.454 e. The second kappa shape index (κ2) is 7.44. The highest BCUT2D eigenvalue weighted by Gasteiger charge is 2.17. The molecule has 0 saturated carbocycles. The molecule has 138 valence electrons. The lowest BCUT2D eigenvalue weighted by atomic mass is 10.0. The molecule has 0 N–H and O–H groups in total. The summed E-state index contributed by atoms with van der Waals surface area (Å²) in [5.74, 6) is 2.44. The van der Waals surface area contributed by atoms with Crippen LogP contribution in [0.4, 0.5) is 0 Å². The van der Waals surface area contributed by atoms with Crippen molar-refractivity contribution in [2.45, 2.75) is 25.0 Å². The van der Waals surface area contributed by atoms with Gasteiger partial charge >= 0.3 is 0 Å². The highest BCUT2D eigenvalue weighted by atomic mass is 32.2. The molecule has 1 aromatic heterocycles. The van der Waals surface area contributed by atoms with Crippen LogP contribution >= 0.6 is 11.8 Å². The lowest BCUT2D eigenvalue weighted by Gasteiger charge is -2.05. The maximum Gasteiger partial charge on any atom is 0.277 e. The van der Waals surface area contributed by atoms with Gasteiger partial charge in [-0.25, -0.2) is 0 Å². The average Bonchev–Trinajstić information content (AvgIpc) is 3.34. The maximum absolute atomic E-state index is 12.4. The Morgan fingerprint density at radius 1 is 1.07 bits per heavy atom. The molecule has 0 spiro atoms. The van der Waals surface area contributed by atoms with E-state index in [2.05, 4.69) is 24.0 Å². The fraction of sp³-hybridized carbons (Fsp3) is 0.250. The number of nitrogens with zero attached hydrogens (tertiary/aromatic N) is 2. The van der Waals surface area contributed by atoms with Gasteiger partial charge in [-0.15, -0.1) is 10.2 Å². The zero-order chi connectivity index (χ0) is 18.8. The van der Waals surface area contributed by atoms with E-state index in [9.17, 15) is 4.79 Å². The summed E-state index contributed by atoms with van der Waals surface area (Å²) >= 11 is 1.23. The number of thioether (sulfide) groups is 1. The van der Waals surface area contributed by atoms with Gasteiger partial charge in [-0.1, -0.05) is 49.9 Å². The second-order valence-electron chi connectivity index (χ2n) is 6.43. The zero-order valence-corrected chi connectivity index (χ0v) is 15.8. The Morgan fingerprint density at radius 3 is 2.63 bits per heavy atom. The molecule has 0 saturated heterocycles. The molecule has 0 radical (unpaired) electrons. The Hall–Kier alpha value is -2.80. The Balaban J connectivity index is 1.40. The first kappa shape index (κ1) is 17.6. The van der Waals surface area contributed by atoms with Crippen LogP contribution in [-0.4, -0.2) is 28.5 Å². The monoisotopic (exact) mass is 382 g/mol. The van der Waals surface area contributed by atoms with Crippen LogP contribution < -0.4 is 9.47 Å². The predicted octanol–water partition coefficient (Wildman–Crippen LogP) is 4.56. The van der Waals surface area contributed by atoms with Crippen molar-refractivity contribution in [2.24, 2.45) is 0 Å². The molecule has 3 aromatic rings. The van der Waals surface area contributed by atoms with Crippen LogP contribution in [0.15, 0.2) is 52.1 Å². The first-order valence-electron chi connectivity index (χ1n) is 8.59. The number of hydrogen-bond acceptors (Lipinski definition) is 7. The summed E-state index contributed by atoms with van der Waals surface area (Å²) in [4.78, 5) is 12.4. The summed E-state index contributed by atoms with van der Waals surface area (Å²) in [6.07, 6.45) is 0. The molecular formula is C20H18N2O4S. The Morgan fingerprint density at radius 2 is 1.85 bits per heavy atom. The number of hydrogen-bond donors (Lipinski definition) is 0. The van der Waals surface area contributed by atoms with Gasteiger partial charge in [-0.3, -0.25) is 4.79 Å². The fourth-order valence-electron chi connectivity index (χ4n) is 2.68. The zero-order valence-electron chi connectivity index (χ0n) is 15.0. The molecule has 1 aliphatic heterocycles. The van der Waals surface area contributed by atoms with E-state index in [-0.39, 0.29) is 18.3 Å². The van der Waals surface area contributed by atoms with E-state index in [1.807, 2.05) is 30.3 Å². The summed E-state index contributed by atoms with van der Waals surface area (Å²) < 4.78 is 16.3. The summed E-state index contributed by atoms with van der Waals surface area (Å²) in [6, 6.07) is 13.1. The fourth-order valence-corrected chi connectivity index (χ4v) is 3.34. The highest BCUT2D eigenvalue weighted by molar-refractivity contribution is 7.99. The molecule has 7 heteroatoms. The number of aromatic nitrogens is 2. The van der Waals surface area contributed by atoms with E-state index >= 15 is 0 Å². The van der Waals surface area contributed by atoms with Crippen LogP contribution in [0.2, 0.25) is 0 Å². The molecule has 6 nitrogen and oxygen atoms in total. The van der Waals surface area contributed by atoms with Crippen molar-refractivity contribution in [1.82, 2.24) is 10.2 Å². The van der Waals surface area contributed by atoms with Gasteiger partial charge in [0.15, 0.2) is 17.3 Å². The minimum Gasteiger partial charge on any atom is -0.454 e. The SMILES string of the molecule is CC(C)c1ccc(C(=O)CSc2nnc(-c3ccc4c(c3)OCO4)o2)cc1. The number of rotatable bonds is 6. The molecule has 0 bridgehead atoms. The van der Waals surface area contributed by atoms with E-state index in [0.717, 1.165) is 5.56 Å². The molecule has 2 heterocycles. The minimum absolute atomic E-state index is 0.0261. The minimum atomic E-state index is 0.0261. The van der Waals surface area contributed by atoms with E-state index in [0.29, 0.717) is 34.1 Å². The van der Waals surface area contributed by atoms with Gasteiger partial charge in [0.2, 0.25) is 12.7 Å². The molecular weight excluding hydrogens is 364 g/mol. The molecule has 2 aromatic carbocycles. The lowest BCUT2D eigenvalue weighted by Crippen LogP contribution is -2.02. The van der Waals surface area contributed by atoms with Gasteiger partial charge in [0.05, 0.1) is 5.75 Å². The summed E-state index contributed by atoms with van der Waals surface area (Å²) in [5, 5.41) is 8.42. The highest BCUT2D eigenvalue weighted by Crippen LogP contribution is 2.36. The number of ketones is 1. The number of fused-ring (bicyclic) bond motifs is 1. The predicted molar refractivity (Wildman–Crippen MR) is 101 cm³/mol. The van der Waals surface area contributed by atoms with E-state index in [1.165, 1.54) is 17.3 Å². The Labute approximate surface area is 160 Å². The molecule has 0 amide bonds. The van der Waals surface area contributed by atoms with Gasteiger partial charge in [0, 0.05) is 11.1 Å². The van der Waals surface area contributed by atoms with Crippen LogP contribution in [0, 0.1) is 0 Å². The van der Waals surface area contributed by atoms with Crippen LogP contribution in [0.1, 0.15) is 35.7 Å². The van der Waals surface area contributed by atoms with E-state index in [1.54, 1.807) is 12.1 Å². The van der Waals surface area contributed by atoms with Crippen molar-refractivity contribution in [1.29, 1.82) is 0 Å². The van der Waals surface area contributed by atoms with Crippen LogP contribution in [-0.2, 0) is 0 Å². The molecule has 27 heavy (non-hydrogen) atoms. The van der Waals surface area contributed by atoms with Crippen molar-refractivity contribution >= 4 is 17.5 Å². The maximum atomic E-state index is 12.4. The summed E-state index contributed by atoms with van der Waals surface area (Å²) in [6.45, 7) is 4.46. The van der Waals surface area contributed by atoms with Crippen molar-refractivity contribution < 1.29 is 18.7 Å². The van der Waals surface area contributed by atoms with Crippen LogP contribution in [0.5, 0.6) is 11.5 Å². The van der Waals surface area contributed by atoms with Gasteiger partial charge < -0.3 is 13.9 Å². The standard InChI is InChI=1S/C20H18N2O4S/c1-12(2)13-3-5-14(6-4-13)16(23)10-27-20-22-21-19(26-20)15-7-8-17-18(9-15)25-11-24-17/h3-9,12H,10-11H2,1-2H3. The van der Waals surface area contributed by atoms with E-state index in [4.69, 9.17) is 13.9 Å². The normalized spacial score (nSPS) is 12.6. The van der Waals surface area contributed by atoms with Crippen molar-refractivity contribution in [2.75, 3.05) is 12.5 Å². The third-order valence-corrected chi connectivity index (χ3v) is 5.07. The number of benzene rings is 2. The number of carbonyl (C=O) groups is 1. The summed E-state index contributed by atoms with van der Waals surface area (Å²) in [5.41, 5.74) is 2.64. The van der Waals surface area contributed by atoms with Gasteiger partial charge in [0.25, 0.3) is 5.22 Å². The molecule has 1 aliphatic rings. The van der Waals surface area contributed by atoms with Crippen LogP contribution in [0.3, 0.4) is 0 Å². The van der Waals surface area contributed by atoms with Crippen molar-refractivity contribution in [3.05, 3.63) is 53.6 Å². The van der Waals surface area contributed by atoms with Gasteiger partial charge in [0.1, 0.15) is 0 Å². The lowest BCUT2D eigenvalue weighted by molar-refractivity contribution is 0.102. The number of carbonyl (C=O) groups excluding carboxylic acids is 1. The molecule has 0 unspecified atom stereocenters. The molecule has 0 fully saturated rings. The first-order valence-corrected chi connectivity index (χ1v) is 9.58. The topological polar surface area (TPSA) is 74.5 Å². The van der Waals surface area contributed by atoms with Gasteiger partial charge in [-0.2, -0.15) is 0 Å². The molecule has 4 rings (SSSR count).